The number of benzene rings is 1. The van der Waals surface area contributed by atoms with E-state index in [1.165, 1.54) is 0 Å². The van der Waals surface area contributed by atoms with Crippen molar-refractivity contribution in [1.82, 2.24) is 10.8 Å². The van der Waals surface area contributed by atoms with Crippen LogP contribution in [0, 0.1) is 5.92 Å². The number of nitrogens with one attached hydrogen (secondary N) is 2. The van der Waals surface area contributed by atoms with Crippen molar-refractivity contribution < 1.29 is 33.1 Å². The van der Waals surface area contributed by atoms with Gasteiger partial charge in [0.15, 0.2) is 0 Å². The van der Waals surface area contributed by atoms with E-state index in [9.17, 15) is 18.4 Å². The molecule has 0 saturated heterocycles. The molecule has 0 aliphatic heterocycles. The highest BCUT2D eigenvalue weighted by Gasteiger charge is 2.52. The van der Waals surface area contributed by atoms with Gasteiger partial charge in [0.2, 0.25) is 0 Å². The number of hydroxylamine groups is 1. The maximum Gasteiger partial charge on any atom is 0.407 e. The van der Waals surface area contributed by atoms with Crippen LogP contribution in [0.15, 0.2) is 30.3 Å². The minimum atomic E-state index is -4.20. The van der Waals surface area contributed by atoms with Crippen molar-refractivity contribution in [3.8, 4) is 0 Å². The molecule has 3 N–H and O–H groups in total. The first-order valence-electron chi connectivity index (χ1n) is 9.35. The van der Waals surface area contributed by atoms with Crippen LogP contribution in [-0.2, 0) is 21.0 Å². The van der Waals surface area contributed by atoms with Gasteiger partial charge in [0.05, 0.1) is 12.6 Å². The van der Waals surface area contributed by atoms with E-state index in [2.05, 4.69) is 10.8 Å². The van der Waals surface area contributed by atoms with E-state index in [-0.39, 0.29) is 18.9 Å². The van der Waals surface area contributed by atoms with E-state index >= 15 is 0 Å². The Bertz CT molecular complexity index is 663. The first-order chi connectivity index (χ1) is 13.3. The smallest absolute Gasteiger partial charge is 0.407 e. The molecule has 0 saturated carbocycles. The van der Waals surface area contributed by atoms with Crippen molar-refractivity contribution in [2.24, 2.45) is 5.92 Å². The van der Waals surface area contributed by atoms with Gasteiger partial charge in [0.25, 0.3) is 0 Å². The Balaban J connectivity index is 3.01. The average molecular weight is 416 g/mol. The van der Waals surface area contributed by atoms with E-state index in [4.69, 9.17) is 14.7 Å². The highest BCUT2D eigenvalue weighted by atomic mass is 19.3. The molecule has 1 aromatic carbocycles. The molecule has 1 amide bonds. The average Bonchev–Trinajstić information content (AvgIpc) is 2.56. The van der Waals surface area contributed by atoms with Crippen molar-refractivity contribution in [3.05, 3.63) is 35.9 Å². The van der Waals surface area contributed by atoms with Crippen molar-refractivity contribution in [2.45, 2.75) is 71.3 Å². The summed E-state index contributed by atoms with van der Waals surface area (Å²) in [6, 6.07) is 5.50. The molecule has 9 heteroatoms. The number of carboxylic acid groups (broad SMARTS) is 1. The molecule has 1 aromatic rings. The number of carbonyl (C=O) groups is 2. The number of amides is 1. The highest BCUT2D eigenvalue weighted by Crippen LogP contribution is 2.25. The molecule has 7 nitrogen and oxygen atoms in total. The van der Waals surface area contributed by atoms with Gasteiger partial charge < -0.3 is 15.2 Å². The lowest BCUT2D eigenvalue weighted by molar-refractivity contribution is -0.180. The Morgan fingerprint density at radius 2 is 1.72 bits per heavy atom. The number of aliphatic carboxylic acids is 1. The van der Waals surface area contributed by atoms with Crippen molar-refractivity contribution in [2.75, 3.05) is 0 Å². The van der Waals surface area contributed by atoms with Crippen LogP contribution in [0.1, 0.15) is 46.6 Å². The van der Waals surface area contributed by atoms with Gasteiger partial charge >= 0.3 is 18.0 Å². The summed E-state index contributed by atoms with van der Waals surface area (Å²) in [5.74, 6) is -6.64. The van der Waals surface area contributed by atoms with E-state index in [0.29, 0.717) is 5.56 Å². The molecule has 0 fully saturated rings. The molecule has 29 heavy (non-hydrogen) atoms. The molecule has 164 valence electrons. The fourth-order valence-corrected chi connectivity index (χ4v) is 2.58. The number of alkyl halides is 2. The van der Waals surface area contributed by atoms with Crippen LogP contribution >= 0.6 is 0 Å². The van der Waals surface area contributed by atoms with Crippen LogP contribution in [0.2, 0.25) is 0 Å². The Kier molecular flexibility index (Phi) is 8.97. The first-order valence-corrected chi connectivity index (χ1v) is 9.35. The lowest BCUT2D eigenvalue weighted by Gasteiger charge is -2.33. The molecular formula is C20H30F2N2O5. The normalized spacial score (nSPS) is 14.3. The van der Waals surface area contributed by atoms with Crippen LogP contribution in [0.25, 0.3) is 0 Å². The lowest BCUT2D eigenvalue weighted by atomic mass is 9.93. The third-order valence-corrected chi connectivity index (χ3v) is 3.80. The molecule has 1 unspecified atom stereocenters. The zero-order valence-corrected chi connectivity index (χ0v) is 17.4. The summed E-state index contributed by atoms with van der Waals surface area (Å²) in [4.78, 5) is 28.5. The van der Waals surface area contributed by atoms with Gasteiger partial charge in [-0.1, -0.05) is 44.2 Å². The molecule has 0 heterocycles. The van der Waals surface area contributed by atoms with E-state index in [1.807, 2.05) is 0 Å². The number of ether oxygens (including phenoxy) is 1. The van der Waals surface area contributed by atoms with E-state index in [1.54, 1.807) is 65.0 Å². The number of alkyl carbamates (subject to hydrolysis) is 1. The van der Waals surface area contributed by atoms with Crippen LogP contribution in [0.4, 0.5) is 13.6 Å². The maximum atomic E-state index is 14.5. The standard InChI is InChI=1S/C20H30F2N2O5/c1-13(2)11-15(23-18(27)29-19(3,4)5)16(20(21,22)17(25)26)24-28-12-14-9-7-6-8-10-14/h6-10,13,15-16,24H,11-12H2,1-5H3,(H,23,27)(H,25,26)/t15-,16?/m0/s1. The van der Waals surface area contributed by atoms with E-state index < -0.39 is 35.7 Å². The molecule has 2 atom stereocenters. The Hall–Kier alpha value is -2.26. The monoisotopic (exact) mass is 416 g/mol. The topological polar surface area (TPSA) is 96.9 Å². The van der Waals surface area contributed by atoms with Crippen molar-refractivity contribution in [1.29, 1.82) is 0 Å². The Morgan fingerprint density at radius 1 is 1.14 bits per heavy atom. The van der Waals surface area contributed by atoms with E-state index in [0.717, 1.165) is 0 Å². The summed E-state index contributed by atoms with van der Waals surface area (Å²) in [6.45, 7) is 8.38. The van der Waals surface area contributed by atoms with Gasteiger partial charge in [0, 0.05) is 0 Å². The fraction of sp³-hybridized carbons (Fsp3) is 0.600. The number of hydrogen-bond donors (Lipinski definition) is 3. The van der Waals surface area contributed by atoms with Crippen LogP contribution in [0.3, 0.4) is 0 Å². The fourth-order valence-electron chi connectivity index (χ4n) is 2.58. The third kappa shape index (κ3) is 8.74. The number of halogens is 2. The molecule has 0 aromatic heterocycles. The van der Waals surface area contributed by atoms with Crippen LogP contribution in [0.5, 0.6) is 0 Å². The molecule has 0 aliphatic rings. The Labute approximate surface area is 169 Å². The van der Waals surface area contributed by atoms with Gasteiger partial charge in [-0.2, -0.15) is 14.3 Å². The number of hydrogen-bond acceptors (Lipinski definition) is 5. The quantitative estimate of drug-likeness (QED) is 0.503. The molecule has 0 aliphatic carbocycles. The van der Waals surface area contributed by atoms with Gasteiger partial charge in [0.1, 0.15) is 11.6 Å². The second kappa shape index (κ2) is 10.5. The summed E-state index contributed by atoms with van der Waals surface area (Å²) in [5.41, 5.74) is 2.03. The maximum absolute atomic E-state index is 14.5. The van der Waals surface area contributed by atoms with Crippen LogP contribution < -0.4 is 10.8 Å². The summed E-state index contributed by atoms with van der Waals surface area (Å²) in [6.07, 6.45) is -0.840. The van der Waals surface area contributed by atoms with Crippen molar-refractivity contribution in [3.63, 3.8) is 0 Å². The van der Waals surface area contributed by atoms with Crippen LogP contribution in [-0.4, -0.2) is 40.8 Å². The summed E-state index contributed by atoms with van der Waals surface area (Å²) >= 11 is 0. The largest absolute Gasteiger partial charge is 0.477 e. The second-order valence-electron chi connectivity index (χ2n) is 8.18. The zero-order valence-electron chi connectivity index (χ0n) is 17.4. The Morgan fingerprint density at radius 3 is 2.21 bits per heavy atom. The van der Waals surface area contributed by atoms with Gasteiger partial charge in [-0.15, -0.1) is 0 Å². The molecule has 0 radical (unpaired) electrons. The zero-order chi connectivity index (χ0) is 22.2. The number of carboxylic acids is 1. The van der Waals surface area contributed by atoms with Gasteiger partial charge in [-0.25, -0.2) is 9.59 Å². The van der Waals surface area contributed by atoms with Crippen molar-refractivity contribution >= 4 is 12.1 Å². The lowest BCUT2D eigenvalue weighted by Crippen LogP contribution is -2.61. The minimum Gasteiger partial charge on any atom is -0.477 e. The highest BCUT2D eigenvalue weighted by molar-refractivity contribution is 5.77. The summed E-state index contributed by atoms with van der Waals surface area (Å²) in [7, 11) is 0. The second-order valence-corrected chi connectivity index (χ2v) is 8.18. The molecule has 0 bridgehead atoms. The molecule has 0 spiro atoms. The number of rotatable bonds is 10. The SMILES string of the molecule is CC(C)C[C@H](NC(=O)OC(C)(C)C)C(NOCc1ccccc1)C(F)(F)C(=O)O. The van der Waals surface area contributed by atoms with Gasteiger partial charge in [-0.3, -0.25) is 4.84 Å². The molecular weight excluding hydrogens is 386 g/mol. The minimum absolute atomic E-state index is 0.0616. The first kappa shape index (κ1) is 24.8. The third-order valence-electron chi connectivity index (χ3n) is 3.80. The summed E-state index contributed by atoms with van der Waals surface area (Å²) < 4.78 is 34.1. The predicted molar refractivity (Wildman–Crippen MR) is 103 cm³/mol. The number of carbonyl (C=O) groups excluding carboxylic acids is 1. The summed E-state index contributed by atoms with van der Waals surface area (Å²) in [5, 5.41) is 11.4. The molecule has 1 rings (SSSR count). The van der Waals surface area contributed by atoms with Gasteiger partial charge in [-0.05, 0) is 38.7 Å². The predicted octanol–water partition coefficient (Wildman–Crippen LogP) is 3.74.